The van der Waals surface area contributed by atoms with Crippen molar-refractivity contribution in [1.82, 2.24) is 0 Å². The molecule has 21 heavy (non-hydrogen) atoms. The van der Waals surface area contributed by atoms with E-state index in [-0.39, 0.29) is 11.6 Å². The van der Waals surface area contributed by atoms with Gasteiger partial charge in [0.2, 0.25) is 5.91 Å². The minimum absolute atomic E-state index is 0.0447. The highest BCUT2D eigenvalue weighted by Crippen LogP contribution is 2.21. The second-order valence-corrected chi connectivity index (χ2v) is 5.71. The van der Waals surface area contributed by atoms with E-state index >= 15 is 0 Å². The first-order valence-corrected chi connectivity index (χ1v) is 7.16. The first-order valence-electron chi connectivity index (χ1n) is 6.01. The third kappa shape index (κ3) is 3.73. The number of non-ortho nitro benzene ring substituents is 1. The van der Waals surface area contributed by atoms with E-state index in [0.29, 0.717) is 15.5 Å². The quantitative estimate of drug-likeness (QED) is 0.694. The monoisotopic (exact) mass is 304 g/mol. The molecule has 2 aromatic carbocycles. The summed E-state index contributed by atoms with van der Waals surface area (Å²) in [5.41, 5.74) is 0.573. The molecule has 108 valence electrons. The first kappa shape index (κ1) is 14.9. The fourth-order valence-corrected chi connectivity index (χ4v) is 2.73. The van der Waals surface area contributed by atoms with E-state index < -0.39 is 15.7 Å². The number of hydrogen-bond acceptors (Lipinski definition) is 4. The summed E-state index contributed by atoms with van der Waals surface area (Å²) in [6.07, 6.45) is 0. The van der Waals surface area contributed by atoms with Crippen LogP contribution < -0.4 is 5.32 Å². The van der Waals surface area contributed by atoms with Crippen LogP contribution in [0.2, 0.25) is 0 Å². The van der Waals surface area contributed by atoms with E-state index in [2.05, 4.69) is 5.32 Å². The highest BCUT2D eigenvalue weighted by atomic mass is 32.2. The summed E-state index contributed by atoms with van der Waals surface area (Å²) >= 11 is 0. The largest absolute Gasteiger partial charge is 0.326 e. The second-order valence-electron chi connectivity index (χ2n) is 4.23. The molecule has 0 bridgehead atoms. The number of nitro benzene ring substituents is 1. The summed E-state index contributed by atoms with van der Waals surface area (Å²) in [4.78, 5) is 22.0. The van der Waals surface area contributed by atoms with Gasteiger partial charge in [-0.05, 0) is 36.4 Å². The third-order valence-corrected chi connectivity index (χ3v) is 4.05. The normalized spacial score (nSPS) is 11.7. The van der Waals surface area contributed by atoms with Crippen LogP contribution in [0.15, 0.2) is 58.3 Å². The smallest absolute Gasteiger partial charge is 0.269 e. The third-order valence-electron chi connectivity index (χ3n) is 2.65. The SMILES string of the molecule is CC(=O)Nc1ccc(S(=O)c2ccc([N+](=O)[O-])cc2)cc1. The predicted molar refractivity (Wildman–Crippen MR) is 78.5 cm³/mol. The molecular formula is C14H12N2O4S. The maximum Gasteiger partial charge on any atom is 0.269 e. The molecule has 1 atom stereocenters. The van der Waals surface area contributed by atoms with E-state index in [1.165, 1.54) is 31.2 Å². The van der Waals surface area contributed by atoms with Gasteiger partial charge in [-0.2, -0.15) is 0 Å². The Morgan fingerprint density at radius 2 is 1.52 bits per heavy atom. The van der Waals surface area contributed by atoms with Crippen molar-refractivity contribution in [2.45, 2.75) is 16.7 Å². The molecule has 0 heterocycles. The number of amides is 1. The van der Waals surface area contributed by atoms with Gasteiger partial charge in [-0.3, -0.25) is 14.9 Å². The summed E-state index contributed by atoms with van der Waals surface area (Å²) in [6.45, 7) is 1.41. The lowest BCUT2D eigenvalue weighted by molar-refractivity contribution is -0.384. The molecule has 7 heteroatoms. The van der Waals surface area contributed by atoms with Crippen LogP contribution in [0.25, 0.3) is 0 Å². The minimum atomic E-state index is -1.42. The van der Waals surface area contributed by atoms with Crippen molar-refractivity contribution in [3.8, 4) is 0 Å². The number of nitro groups is 1. The van der Waals surface area contributed by atoms with Crippen LogP contribution in [-0.2, 0) is 15.6 Å². The summed E-state index contributed by atoms with van der Waals surface area (Å²) < 4.78 is 12.3. The Labute approximate surface area is 123 Å². The van der Waals surface area contributed by atoms with Crippen molar-refractivity contribution < 1.29 is 13.9 Å². The molecule has 1 N–H and O–H groups in total. The van der Waals surface area contributed by atoms with Crippen LogP contribution in [0.1, 0.15) is 6.92 Å². The van der Waals surface area contributed by atoms with Gasteiger partial charge in [0.05, 0.1) is 15.7 Å². The summed E-state index contributed by atoms with van der Waals surface area (Å²) in [5, 5.41) is 13.2. The van der Waals surface area contributed by atoms with Gasteiger partial charge in [-0.1, -0.05) is 0 Å². The number of hydrogen-bond donors (Lipinski definition) is 1. The van der Waals surface area contributed by atoms with Gasteiger partial charge < -0.3 is 5.32 Å². The lowest BCUT2D eigenvalue weighted by atomic mass is 10.3. The molecule has 0 saturated carbocycles. The van der Waals surface area contributed by atoms with Crippen LogP contribution in [-0.4, -0.2) is 15.0 Å². The Morgan fingerprint density at radius 3 is 1.95 bits per heavy atom. The van der Waals surface area contributed by atoms with Crippen molar-refractivity contribution in [3.63, 3.8) is 0 Å². The van der Waals surface area contributed by atoms with E-state index in [1.54, 1.807) is 24.3 Å². The highest BCUT2D eigenvalue weighted by Gasteiger charge is 2.10. The van der Waals surface area contributed by atoms with Crippen LogP contribution in [0.4, 0.5) is 11.4 Å². The van der Waals surface area contributed by atoms with Gasteiger partial charge >= 0.3 is 0 Å². The number of benzene rings is 2. The Kier molecular flexibility index (Phi) is 4.44. The number of rotatable bonds is 4. The van der Waals surface area contributed by atoms with Gasteiger partial charge in [0, 0.05) is 34.5 Å². The first-order chi connectivity index (χ1) is 9.97. The molecule has 0 aliphatic carbocycles. The molecule has 0 aliphatic rings. The van der Waals surface area contributed by atoms with Crippen LogP contribution in [0.3, 0.4) is 0 Å². The van der Waals surface area contributed by atoms with E-state index in [9.17, 15) is 19.1 Å². The zero-order chi connectivity index (χ0) is 15.4. The van der Waals surface area contributed by atoms with Gasteiger partial charge in [0.15, 0.2) is 0 Å². The van der Waals surface area contributed by atoms with Crippen molar-refractivity contribution in [1.29, 1.82) is 0 Å². The maximum atomic E-state index is 12.3. The average molecular weight is 304 g/mol. The molecule has 0 fully saturated rings. The topological polar surface area (TPSA) is 89.3 Å². The maximum absolute atomic E-state index is 12.3. The number of carbonyl (C=O) groups excluding carboxylic acids is 1. The fourth-order valence-electron chi connectivity index (χ4n) is 1.69. The van der Waals surface area contributed by atoms with E-state index in [0.717, 1.165) is 0 Å². The molecule has 0 radical (unpaired) electrons. The van der Waals surface area contributed by atoms with Crippen molar-refractivity contribution in [2.75, 3.05) is 5.32 Å². The molecule has 0 aliphatic heterocycles. The van der Waals surface area contributed by atoms with Gasteiger partial charge in [-0.15, -0.1) is 0 Å². The van der Waals surface area contributed by atoms with Gasteiger partial charge in [0.1, 0.15) is 0 Å². The molecule has 0 spiro atoms. The Bertz CT molecular complexity index is 696. The molecule has 6 nitrogen and oxygen atoms in total. The highest BCUT2D eigenvalue weighted by molar-refractivity contribution is 7.85. The fraction of sp³-hybridized carbons (Fsp3) is 0.0714. The van der Waals surface area contributed by atoms with Crippen molar-refractivity contribution in [2.24, 2.45) is 0 Å². The summed E-state index contributed by atoms with van der Waals surface area (Å²) in [5.74, 6) is -0.181. The Hall–Kier alpha value is -2.54. The minimum Gasteiger partial charge on any atom is -0.326 e. The molecule has 1 unspecified atom stereocenters. The van der Waals surface area contributed by atoms with E-state index in [1.807, 2.05) is 0 Å². The lowest BCUT2D eigenvalue weighted by Crippen LogP contribution is -2.05. The Balaban J connectivity index is 2.19. The number of carbonyl (C=O) groups is 1. The van der Waals surface area contributed by atoms with Crippen molar-refractivity contribution in [3.05, 3.63) is 58.6 Å². The molecule has 1 amide bonds. The number of nitrogens with zero attached hydrogens (tertiary/aromatic N) is 1. The van der Waals surface area contributed by atoms with Gasteiger partial charge in [-0.25, -0.2) is 4.21 Å². The molecule has 2 aromatic rings. The Morgan fingerprint density at radius 1 is 1.05 bits per heavy atom. The second kappa shape index (κ2) is 6.27. The molecule has 2 rings (SSSR count). The number of nitrogens with one attached hydrogen (secondary N) is 1. The summed E-state index contributed by atoms with van der Waals surface area (Å²) in [7, 11) is -1.42. The average Bonchev–Trinajstić information content (AvgIpc) is 2.47. The zero-order valence-corrected chi connectivity index (χ0v) is 11.9. The molecular weight excluding hydrogens is 292 g/mol. The lowest BCUT2D eigenvalue weighted by Gasteiger charge is -2.05. The predicted octanol–water partition coefficient (Wildman–Crippen LogP) is 2.72. The van der Waals surface area contributed by atoms with Crippen LogP contribution in [0, 0.1) is 10.1 Å². The van der Waals surface area contributed by atoms with Gasteiger partial charge in [0.25, 0.3) is 5.69 Å². The van der Waals surface area contributed by atoms with Crippen LogP contribution >= 0.6 is 0 Å². The number of anilines is 1. The standard InChI is InChI=1S/C14H12N2O4S/c1-10(17)15-11-2-6-13(7-3-11)21(20)14-8-4-12(5-9-14)16(18)19/h2-9H,1H3,(H,15,17). The summed E-state index contributed by atoms with van der Waals surface area (Å²) in [6, 6.07) is 12.2. The van der Waals surface area contributed by atoms with E-state index in [4.69, 9.17) is 0 Å². The van der Waals surface area contributed by atoms with Crippen LogP contribution in [0.5, 0.6) is 0 Å². The molecule has 0 aromatic heterocycles. The van der Waals surface area contributed by atoms with Crippen molar-refractivity contribution >= 4 is 28.1 Å². The zero-order valence-electron chi connectivity index (χ0n) is 11.1. The molecule has 0 saturated heterocycles.